The molecule has 0 fully saturated rings. The van der Waals surface area contributed by atoms with Crippen LogP contribution in [0.2, 0.25) is 0 Å². The summed E-state index contributed by atoms with van der Waals surface area (Å²) in [5, 5.41) is 2.66. The van der Waals surface area contributed by atoms with E-state index >= 15 is 0 Å². The van der Waals surface area contributed by atoms with Gasteiger partial charge in [-0.25, -0.2) is 0 Å². The zero-order valence-corrected chi connectivity index (χ0v) is 11.3. The van der Waals surface area contributed by atoms with E-state index in [4.69, 9.17) is 0 Å². The van der Waals surface area contributed by atoms with E-state index in [-0.39, 0.29) is 0 Å². The lowest BCUT2D eigenvalue weighted by Crippen LogP contribution is -2.13. The van der Waals surface area contributed by atoms with Crippen molar-refractivity contribution in [3.8, 4) is 0 Å². The summed E-state index contributed by atoms with van der Waals surface area (Å²) in [5.74, 6) is 2.26. The molecule has 0 aromatic heterocycles. The summed E-state index contributed by atoms with van der Waals surface area (Å²) in [6, 6.07) is 0. The Balaban J connectivity index is 2.83. The smallest absolute Gasteiger partial charge is 0.207 e. The molecule has 90 valence electrons. The monoisotopic (exact) mass is 249 g/mol. The Morgan fingerprint density at radius 3 is 2.40 bits per heavy atom. The molecule has 0 aromatic carbocycles. The van der Waals surface area contributed by atoms with Crippen LogP contribution in [0, 0.1) is 0 Å². The minimum absolute atomic E-state index is 0.763. The lowest BCUT2D eigenvalue weighted by molar-refractivity contribution is -0.109. The summed E-state index contributed by atoms with van der Waals surface area (Å²) in [4.78, 5) is 9.94. The second-order valence-electron chi connectivity index (χ2n) is 3.48. The molecule has 1 amide bonds. The number of rotatable bonds is 12. The highest BCUT2D eigenvalue weighted by Crippen LogP contribution is 2.22. The first kappa shape index (κ1) is 15.2. The van der Waals surface area contributed by atoms with Crippen molar-refractivity contribution in [1.82, 2.24) is 5.32 Å². The van der Waals surface area contributed by atoms with Crippen molar-refractivity contribution in [3.05, 3.63) is 0 Å². The molecule has 0 rings (SSSR count). The van der Waals surface area contributed by atoms with Crippen LogP contribution < -0.4 is 5.32 Å². The van der Waals surface area contributed by atoms with Gasteiger partial charge >= 0.3 is 0 Å². The molecule has 15 heavy (non-hydrogen) atoms. The number of amides is 1. The Morgan fingerprint density at radius 2 is 1.67 bits per heavy atom. The quantitative estimate of drug-likeness (QED) is 0.326. The maximum atomic E-state index is 9.94. The van der Waals surface area contributed by atoms with E-state index in [0.29, 0.717) is 0 Å². The van der Waals surface area contributed by atoms with Crippen LogP contribution >= 0.6 is 21.6 Å². The molecule has 2 nitrogen and oxygen atoms in total. The third kappa shape index (κ3) is 14.2. The average molecular weight is 249 g/mol. The Labute approximate surface area is 102 Å². The van der Waals surface area contributed by atoms with Gasteiger partial charge in [0, 0.05) is 18.1 Å². The largest absolute Gasteiger partial charge is 0.358 e. The summed E-state index contributed by atoms with van der Waals surface area (Å²) < 4.78 is 0. The Kier molecular flexibility index (Phi) is 14.3. The molecule has 0 heterocycles. The van der Waals surface area contributed by atoms with Gasteiger partial charge in [0.25, 0.3) is 0 Å². The third-order valence-electron chi connectivity index (χ3n) is 2.08. The molecule has 0 saturated heterocycles. The van der Waals surface area contributed by atoms with Gasteiger partial charge in [0.1, 0.15) is 0 Å². The molecule has 4 heteroatoms. The summed E-state index contributed by atoms with van der Waals surface area (Å²) in [7, 11) is 3.78. The second kappa shape index (κ2) is 14.2. The van der Waals surface area contributed by atoms with Crippen molar-refractivity contribution >= 4 is 28.0 Å². The van der Waals surface area contributed by atoms with Crippen molar-refractivity contribution in [2.75, 3.05) is 18.1 Å². The van der Waals surface area contributed by atoms with Crippen molar-refractivity contribution in [3.63, 3.8) is 0 Å². The summed E-state index contributed by atoms with van der Waals surface area (Å²) in [5.41, 5.74) is 0. The number of hydrogen-bond acceptors (Lipinski definition) is 3. The minimum atomic E-state index is 0.763. The number of nitrogens with one attached hydrogen (secondary N) is 1. The van der Waals surface area contributed by atoms with Gasteiger partial charge in [-0.15, -0.1) is 0 Å². The highest BCUT2D eigenvalue weighted by molar-refractivity contribution is 8.76. The normalized spacial score (nSPS) is 10.2. The van der Waals surface area contributed by atoms with Gasteiger partial charge < -0.3 is 5.32 Å². The standard InChI is InChI=1S/C11H23NOS2/c1-2-3-4-5-6-7-9-14-15-10-8-12-11-13/h11H,2-10H2,1H3,(H,12,13). The van der Waals surface area contributed by atoms with E-state index in [1.54, 1.807) is 0 Å². The molecule has 0 aliphatic carbocycles. The lowest BCUT2D eigenvalue weighted by Gasteiger charge is -2.01. The zero-order chi connectivity index (χ0) is 11.2. The fourth-order valence-corrected chi connectivity index (χ4v) is 3.29. The van der Waals surface area contributed by atoms with E-state index in [0.717, 1.165) is 18.7 Å². The fourth-order valence-electron chi connectivity index (χ4n) is 1.22. The fraction of sp³-hybridized carbons (Fsp3) is 0.909. The minimum Gasteiger partial charge on any atom is -0.358 e. The van der Waals surface area contributed by atoms with Gasteiger partial charge in [-0.2, -0.15) is 0 Å². The molecule has 0 atom stereocenters. The average Bonchev–Trinajstić information content (AvgIpc) is 2.26. The first-order valence-corrected chi connectivity index (χ1v) is 8.32. The molecule has 0 aromatic rings. The van der Waals surface area contributed by atoms with E-state index in [9.17, 15) is 4.79 Å². The lowest BCUT2D eigenvalue weighted by atomic mass is 10.1. The van der Waals surface area contributed by atoms with Crippen LogP contribution in [0.4, 0.5) is 0 Å². The highest BCUT2D eigenvalue weighted by atomic mass is 33.1. The maximum absolute atomic E-state index is 9.94. The van der Waals surface area contributed by atoms with Crippen LogP contribution in [-0.2, 0) is 4.79 Å². The van der Waals surface area contributed by atoms with E-state index < -0.39 is 0 Å². The first-order valence-electron chi connectivity index (χ1n) is 5.83. The van der Waals surface area contributed by atoms with Crippen LogP contribution in [0.3, 0.4) is 0 Å². The Bertz CT molecular complexity index is 134. The van der Waals surface area contributed by atoms with Gasteiger partial charge in [0.2, 0.25) is 6.41 Å². The van der Waals surface area contributed by atoms with Crippen LogP contribution in [-0.4, -0.2) is 24.5 Å². The molecule has 0 aliphatic rings. The maximum Gasteiger partial charge on any atom is 0.207 e. The van der Waals surface area contributed by atoms with E-state index in [1.165, 1.54) is 44.3 Å². The van der Waals surface area contributed by atoms with Gasteiger partial charge in [0.15, 0.2) is 0 Å². The Morgan fingerprint density at radius 1 is 1.00 bits per heavy atom. The van der Waals surface area contributed by atoms with Crippen LogP contribution in [0.25, 0.3) is 0 Å². The molecule has 0 unspecified atom stereocenters. The molecular weight excluding hydrogens is 226 g/mol. The van der Waals surface area contributed by atoms with Gasteiger partial charge in [0.05, 0.1) is 0 Å². The summed E-state index contributed by atoms with van der Waals surface area (Å²) >= 11 is 0. The van der Waals surface area contributed by atoms with Gasteiger partial charge in [-0.1, -0.05) is 60.6 Å². The highest BCUT2D eigenvalue weighted by Gasteiger charge is 1.92. The number of carbonyl (C=O) groups is 1. The van der Waals surface area contributed by atoms with Crippen molar-refractivity contribution in [2.45, 2.75) is 45.4 Å². The third-order valence-corrected chi connectivity index (χ3v) is 4.57. The molecule has 0 spiro atoms. The van der Waals surface area contributed by atoms with E-state index in [1.807, 2.05) is 21.6 Å². The molecule has 0 aliphatic heterocycles. The zero-order valence-electron chi connectivity index (χ0n) is 9.67. The van der Waals surface area contributed by atoms with E-state index in [2.05, 4.69) is 12.2 Å². The van der Waals surface area contributed by atoms with Crippen molar-refractivity contribution in [1.29, 1.82) is 0 Å². The molecule has 0 radical (unpaired) electrons. The molecule has 0 saturated carbocycles. The topological polar surface area (TPSA) is 29.1 Å². The summed E-state index contributed by atoms with van der Waals surface area (Å²) in [6.07, 6.45) is 8.98. The number of hydrogen-bond donors (Lipinski definition) is 1. The van der Waals surface area contributed by atoms with Crippen molar-refractivity contribution in [2.24, 2.45) is 0 Å². The molecular formula is C11H23NOS2. The Hall–Kier alpha value is 0.170. The van der Waals surface area contributed by atoms with Gasteiger partial charge in [-0.05, 0) is 6.42 Å². The number of unbranched alkanes of at least 4 members (excludes halogenated alkanes) is 5. The summed E-state index contributed by atoms with van der Waals surface area (Å²) in [6.45, 7) is 3.04. The van der Waals surface area contributed by atoms with Crippen LogP contribution in [0.15, 0.2) is 0 Å². The van der Waals surface area contributed by atoms with Crippen LogP contribution in [0.5, 0.6) is 0 Å². The first-order chi connectivity index (χ1) is 7.41. The number of carbonyl (C=O) groups excluding carboxylic acids is 1. The van der Waals surface area contributed by atoms with Crippen molar-refractivity contribution < 1.29 is 4.79 Å². The van der Waals surface area contributed by atoms with Gasteiger partial charge in [-0.3, -0.25) is 4.79 Å². The predicted molar refractivity (Wildman–Crippen MR) is 72.4 cm³/mol. The van der Waals surface area contributed by atoms with Crippen LogP contribution in [0.1, 0.15) is 45.4 Å². The SMILES string of the molecule is CCCCCCCCSSCCNC=O. The predicted octanol–water partition coefficient (Wildman–Crippen LogP) is 3.47. The molecule has 0 bridgehead atoms. The molecule has 1 N–H and O–H groups in total. The second-order valence-corrected chi connectivity index (χ2v) is 6.19.